The molecule has 0 fully saturated rings. The summed E-state index contributed by atoms with van der Waals surface area (Å²) in [7, 11) is 0. The zero-order valence-electron chi connectivity index (χ0n) is 15.1. The summed E-state index contributed by atoms with van der Waals surface area (Å²) in [6.07, 6.45) is 1.50. The number of benzene rings is 1. The average molecular weight is 368 g/mol. The second-order valence-electron chi connectivity index (χ2n) is 6.46. The first kappa shape index (κ1) is 18.4. The highest BCUT2D eigenvalue weighted by atomic mass is 16.4. The second kappa shape index (κ2) is 7.49. The number of amides is 1. The highest BCUT2D eigenvalue weighted by Crippen LogP contribution is 2.24. The molecule has 0 aliphatic heterocycles. The number of aromatic nitrogens is 1. The fourth-order valence-electron chi connectivity index (χ4n) is 2.69. The van der Waals surface area contributed by atoms with Crippen molar-refractivity contribution in [2.45, 2.75) is 25.7 Å². The van der Waals surface area contributed by atoms with Crippen molar-refractivity contribution in [3.05, 3.63) is 65.7 Å². The number of carbonyl (C=O) groups excluding carboxylic acids is 1. The molecule has 1 amide bonds. The third-order valence-corrected chi connectivity index (χ3v) is 4.47. The van der Waals surface area contributed by atoms with Gasteiger partial charge in [-0.1, -0.05) is 30.3 Å². The molecule has 27 heavy (non-hydrogen) atoms. The van der Waals surface area contributed by atoms with Crippen LogP contribution in [0.4, 0.5) is 0 Å². The van der Waals surface area contributed by atoms with E-state index in [4.69, 9.17) is 8.83 Å². The van der Waals surface area contributed by atoms with Crippen LogP contribution in [0.1, 0.15) is 23.9 Å². The lowest BCUT2D eigenvalue weighted by Gasteiger charge is -2.25. The Morgan fingerprint density at radius 1 is 1.19 bits per heavy atom. The number of carboxylic acids is 1. The summed E-state index contributed by atoms with van der Waals surface area (Å²) in [4.78, 5) is 28.4. The molecule has 1 atom stereocenters. The Balaban J connectivity index is 1.68. The van der Waals surface area contributed by atoms with Crippen LogP contribution in [0.3, 0.4) is 0 Å². The number of oxazole rings is 1. The molecular formula is C20H20N2O5. The van der Waals surface area contributed by atoms with Crippen LogP contribution in [-0.4, -0.2) is 28.5 Å². The van der Waals surface area contributed by atoms with E-state index in [2.05, 4.69) is 10.3 Å². The Hall–Kier alpha value is -3.35. The molecular weight excluding hydrogens is 348 g/mol. The summed E-state index contributed by atoms with van der Waals surface area (Å²) in [5.74, 6) is -0.0413. The molecule has 2 aromatic heterocycles. The maximum absolute atomic E-state index is 12.4. The van der Waals surface area contributed by atoms with E-state index in [0.29, 0.717) is 28.7 Å². The molecule has 7 nitrogen and oxygen atoms in total. The Morgan fingerprint density at radius 2 is 1.93 bits per heavy atom. The molecule has 3 aromatic rings. The minimum Gasteiger partial charge on any atom is -0.481 e. The Bertz CT molecular complexity index is 931. The van der Waals surface area contributed by atoms with E-state index in [1.807, 2.05) is 6.07 Å². The van der Waals surface area contributed by atoms with Crippen LogP contribution < -0.4 is 5.32 Å². The molecule has 1 unspecified atom stereocenters. The van der Waals surface area contributed by atoms with E-state index in [0.717, 1.165) is 0 Å². The van der Waals surface area contributed by atoms with Gasteiger partial charge in [-0.3, -0.25) is 9.59 Å². The van der Waals surface area contributed by atoms with E-state index >= 15 is 0 Å². The number of hydrogen-bond donors (Lipinski definition) is 2. The van der Waals surface area contributed by atoms with Crippen molar-refractivity contribution in [1.29, 1.82) is 0 Å². The molecule has 0 aliphatic carbocycles. The van der Waals surface area contributed by atoms with Crippen molar-refractivity contribution < 1.29 is 23.5 Å². The maximum Gasteiger partial charge on any atom is 0.315 e. The fraction of sp³-hybridized carbons (Fsp3) is 0.250. The second-order valence-corrected chi connectivity index (χ2v) is 6.46. The van der Waals surface area contributed by atoms with Gasteiger partial charge >= 0.3 is 5.97 Å². The number of rotatable bonds is 7. The van der Waals surface area contributed by atoms with Gasteiger partial charge in [0.05, 0.1) is 18.4 Å². The van der Waals surface area contributed by atoms with Crippen molar-refractivity contribution in [1.82, 2.24) is 10.3 Å². The van der Waals surface area contributed by atoms with Crippen LogP contribution in [-0.2, 0) is 21.4 Å². The Labute approximate surface area is 156 Å². The topological polar surface area (TPSA) is 106 Å². The third-order valence-electron chi connectivity index (χ3n) is 4.47. The van der Waals surface area contributed by atoms with E-state index in [9.17, 15) is 14.7 Å². The van der Waals surface area contributed by atoms with Crippen molar-refractivity contribution in [2.75, 3.05) is 6.54 Å². The number of hydrogen-bond acceptors (Lipinski definition) is 5. The van der Waals surface area contributed by atoms with Gasteiger partial charge in [-0.2, -0.15) is 0 Å². The van der Waals surface area contributed by atoms with Gasteiger partial charge in [0.1, 0.15) is 11.2 Å². The number of furan rings is 1. The lowest BCUT2D eigenvalue weighted by Crippen LogP contribution is -2.44. The van der Waals surface area contributed by atoms with E-state index < -0.39 is 11.4 Å². The number of carbonyl (C=O) groups is 2. The minimum atomic E-state index is -1.23. The highest BCUT2D eigenvalue weighted by Gasteiger charge is 2.35. The summed E-state index contributed by atoms with van der Waals surface area (Å²) >= 11 is 0. The molecule has 1 aromatic carbocycles. The van der Waals surface area contributed by atoms with Gasteiger partial charge in [0.2, 0.25) is 5.91 Å². The zero-order valence-corrected chi connectivity index (χ0v) is 15.1. The molecule has 0 saturated carbocycles. The van der Waals surface area contributed by atoms with Crippen molar-refractivity contribution in [3.63, 3.8) is 0 Å². The maximum atomic E-state index is 12.4. The molecule has 0 bridgehead atoms. The first-order valence-electron chi connectivity index (χ1n) is 8.46. The molecule has 0 saturated heterocycles. The SMILES string of the molecule is Cc1oc(-c2ccco2)nc1CC(=O)NCC(C)(C(=O)O)c1ccccc1. The first-order valence-corrected chi connectivity index (χ1v) is 8.46. The number of nitrogens with one attached hydrogen (secondary N) is 1. The number of aliphatic carboxylic acids is 1. The first-order chi connectivity index (χ1) is 12.9. The predicted molar refractivity (Wildman–Crippen MR) is 97.1 cm³/mol. The normalized spacial score (nSPS) is 13.1. The molecule has 2 N–H and O–H groups in total. The fourth-order valence-corrected chi connectivity index (χ4v) is 2.69. The van der Waals surface area contributed by atoms with E-state index in [-0.39, 0.29) is 18.9 Å². The van der Waals surface area contributed by atoms with Crippen LogP contribution in [0.15, 0.2) is 57.6 Å². The molecule has 140 valence electrons. The minimum absolute atomic E-state index is 0.0134. The molecule has 0 spiro atoms. The number of carboxylic acid groups (broad SMARTS) is 1. The van der Waals surface area contributed by atoms with Crippen molar-refractivity contribution in [3.8, 4) is 11.7 Å². The van der Waals surface area contributed by atoms with Crippen molar-refractivity contribution in [2.24, 2.45) is 0 Å². The number of aryl methyl sites for hydroxylation is 1. The average Bonchev–Trinajstić information content (AvgIpc) is 3.31. The third kappa shape index (κ3) is 3.92. The van der Waals surface area contributed by atoms with E-state index in [1.165, 1.54) is 6.26 Å². The highest BCUT2D eigenvalue weighted by molar-refractivity contribution is 5.83. The van der Waals surface area contributed by atoms with Gasteiger partial charge in [-0.15, -0.1) is 0 Å². The Morgan fingerprint density at radius 3 is 2.56 bits per heavy atom. The summed E-state index contributed by atoms with van der Waals surface area (Å²) in [5.41, 5.74) is -0.124. The molecule has 3 rings (SSSR count). The van der Waals surface area contributed by atoms with Crippen LogP contribution in [0.2, 0.25) is 0 Å². The molecule has 0 aliphatic rings. The van der Waals surface area contributed by atoms with Gasteiger partial charge in [-0.25, -0.2) is 4.98 Å². The van der Waals surface area contributed by atoms with E-state index in [1.54, 1.807) is 50.2 Å². The zero-order chi connectivity index (χ0) is 19.4. The van der Waals surface area contributed by atoms with Gasteiger partial charge in [0.15, 0.2) is 5.76 Å². The number of nitrogens with zero attached hydrogens (tertiary/aromatic N) is 1. The van der Waals surface area contributed by atoms with Crippen molar-refractivity contribution >= 4 is 11.9 Å². The Kier molecular flexibility index (Phi) is 5.12. The summed E-state index contributed by atoms with van der Waals surface area (Å²) in [6, 6.07) is 12.3. The van der Waals surface area contributed by atoms with Gasteiger partial charge < -0.3 is 19.3 Å². The lowest BCUT2D eigenvalue weighted by molar-refractivity contribution is -0.143. The molecule has 2 heterocycles. The summed E-state index contributed by atoms with van der Waals surface area (Å²) in [6.45, 7) is 3.27. The van der Waals surface area contributed by atoms with Crippen LogP contribution in [0.25, 0.3) is 11.7 Å². The largest absolute Gasteiger partial charge is 0.481 e. The predicted octanol–water partition coefficient (Wildman–Crippen LogP) is 2.94. The van der Waals surface area contributed by atoms with Crippen LogP contribution in [0, 0.1) is 6.92 Å². The lowest BCUT2D eigenvalue weighted by atomic mass is 9.82. The van der Waals surface area contributed by atoms with Gasteiger partial charge in [0, 0.05) is 6.54 Å². The van der Waals surface area contributed by atoms with Crippen LogP contribution >= 0.6 is 0 Å². The monoisotopic (exact) mass is 368 g/mol. The quantitative estimate of drug-likeness (QED) is 0.664. The molecule has 0 radical (unpaired) electrons. The summed E-state index contributed by atoms with van der Waals surface area (Å²) < 4.78 is 10.8. The standard InChI is InChI=1S/C20H20N2O5/c1-13-15(22-18(27-13)16-9-6-10-26-16)11-17(23)21-12-20(2,19(24)25)14-7-4-3-5-8-14/h3-10H,11-12H2,1-2H3,(H,21,23)(H,24,25). The smallest absolute Gasteiger partial charge is 0.315 e. The summed E-state index contributed by atoms with van der Waals surface area (Å²) in [5, 5.41) is 12.4. The van der Waals surface area contributed by atoms with Gasteiger partial charge in [-0.05, 0) is 31.5 Å². The molecule has 7 heteroatoms. The van der Waals surface area contributed by atoms with Gasteiger partial charge in [0.25, 0.3) is 5.89 Å². The van der Waals surface area contributed by atoms with Crippen LogP contribution in [0.5, 0.6) is 0 Å².